The topological polar surface area (TPSA) is 29.5 Å². The van der Waals surface area contributed by atoms with Crippen molar-refractivity contribution in [2.45, 2.75) is 31.9 Å². The van der Waals surface area contributed by atoms with Gasteiger partial charge in [0.15, 0.2) is 0 Å². The van der Waals surface area contributed by atoms with E-state index in [-0.39, 0.29) is 18.2 Å². The molecular weight excluding hydrogens is 354 g/mol. The van der Waals surface area contributed by atoms with Crippen molar-refractivity contribution < 1.29 is 9.53 Å². The zero-order valence-electron chi connectivity index (χ0n) is 13.1. The predicted molar refractivity (Wildman–Crippen MR) is 94.2 cm³/mol. The molecule has 1 fully saturated rings. The van der Waals surface area contributed by atoms with Gasteiger partial charge in [0, 0.05) is 17.4 Å². The van der Waals surface area contributed by atoms with Crippen molar-refractivity contribution in [3.05, 3.63) is 70.2 Å². The molecule has 1 aliphatic rings. The predicted octanol–water partition coefficient (Wildman–Crippen LogP) is 5.48. The number of rotatable bonds is 4. The highest BCUT2D eigenvalue weighted by Crippen LogP contribution is 2.33. The van der Waals surface area contributed by atoms with E-state index < -0.39 is 0 Å². The minimum Gasteiger partial charge on any atom is -0.441 e. The van der Waals surface area contributed by atoms with Crippen molar-refractivity contribution >= 4 is 22.0 Å². The van der Waals surface area contributed by atoms with Crippen LogP contribution in [0.5, 0.6) is 0 Å². The molecule has 0 aliphatic carbocycles. The van der Waals surface area contributed by atoms with Crippen LogP contribution >= 0.6 is 15.9 Å². The number of halogens is 1. The van der Waals surface area contributed by atoms with Crippen LogP contribution in [0.15, 0.2) is 59.1 Å². The highest BCUT2D eigenvalue weighted by molar-refractivity contribution is 9.10. The van der Waals surface area contributed by atoms with Crippen molar-refractivity contribution in [1.29, 1.82) is 0 Å². The molecule has 0 aromatic heterocycles. The molecule has 2 atom stereocenters. The Labute approximate surface area is 145 Å². The average molecular weight is 374 g/mol. The van der Waals surface area contributed by atoms with E-state index in [0.717, 1.165) is 28.4 Å². The molecule has 2 aromatic carbocycles. The monoisotopic (exact) mass is 373 g/mol. The molecule has 0 N–H and O–H groups in total. The number of hydrogen-bond donors (Lipinski definition) is 0. The number of amides is 1. The van der Waals surface area contributed by atoms with Gasteiger partial charge in [0.05, 0.1) is 6.04 Å². The van der Waals surface area contributed by atoms with Gasteiger partial charge in [-0.2, -0.15) is 0 Å². The van der Waals surface area contributed by atoms with Crippen LogP contribution in [-0.4, -0.2) is 17.5 Å². The molecule has 3 nitrogen and oxygen atoms in total. The molecule has 23 heavy (non-hydrogen) atoms. The van der Waals surface area contributed by atoms with Crippen LogP contribution in [-0.2, 0) is 4.74 Å². The van der Waals surface area contributed by atoms with E-state index in [0.29, 0.717) is 6.54 Å². The normalized spacial score (nSPS) is 19.3. The van der Waals surface area contributed by atoms with Crippen molar-refractivity contribution in [3.8, 4) is 0 Å². The average Bonchev–Trinajstić information content (AvgIpc) is 2.59. The summed E-state index contributed by atoms with van der Waals surface area (Å²) < 4.78 is 6.73. The van der Waals surface area contributed by atoms with Crippen molar-refractivity contribution in [1.82, 2.24) is 4.90 Å². The van der Waals surface area contributed by atoms with Gasteiger partial charge in [0.1, 0.15) is 6.10 Å². The van der Waals surface area contributed by atoms with Gasteiger partial charge >= 0.3 is 6.09 Å². The molecule has 1 heterocycles. The molecule has 0 radical (unpaired) electrons. The summed E-state index contributed by atoms with van der Waals surface area (Å²) in [6, 6.07) is 18.2. The fourth-order valence-corrected chi connectivity index (χ4v) is 3.37. The van der Waals surface area contributed by atoms with E-state index in [2.05, 4.69) is 35.0 Å². The SMILES string of the molecule is CCC(c1ccc(Br)cc1)N1CCC(c2ccccc2)OC1=O. The van der Waals surface area contributed by atoms with Gasteiger partial charge < -0.3 is 9.64 Å². The molecule has 0 spiro atoms. The van der Waals surface area contributed by atoms with Gasteiger partial charge in [-0.15, -0.1) is 0 Å². The van der Waals surface area contributed by atoms with E-state index in [1.165, 1.54) is 0 Å². The zero-order valence-corrected chi connectivity index (χ0v) is 14.7. The second kappa shape index (κ2) is 7.18. The van der Waals surface area contributed by atoms with Crippen LogP contribution in [0.25, 0.3) is 0 Å². The van der Waals surface area contributed by atoms with Crippen LogP contribution in [0.2, 0.25) is 0 Å². The van der Waals surface area contributed by atoms with Crippen LogP contribution < -0.4 is 0 Å². The summed E-state index contributed by atoms with van der Waals surface area (Å²) in [7, 11) is 0. The number of hydrogen-bond acceptors (Lipinski definition) is 2. The Morgan fingerprint density at radius 1 is 1.17 bits per heavy atom. The summed E-state index contributed by atoms with van der Waals surface area (Å²) >= 11 is 3.45. The summed E-state index contributed by atoms with van der Waals surface area (Å²) in [5, 5.41) is 0. The lowest BCUT2D eigenvalue weighted by atomic mass is 10.0. The first-order valence-corrected chi connectivity index (χ1v) is 8.76. The van der Waals surface area contributed by atoms with Gasteiger partial charge in [-0.3, -0.25) is 0 Å². The van der Waals surface area contributed by atoms with Gasteiger partial charge in [-0.25, -0.2) is 4.79 Å². The number of nitrogens with zero attached hydrogens (tertiary/aromatic N) is 1. The van der Waals surface area contributed by atoms with Crippen LogP contribution in [0.3, 0.4) is 0 Å². The molecule has 1 aliphatic heterocycles. The lowest BCUT2D eigenvalue weighted by Gasteiger charge is -2.37. The van der Waals surface area contributed by atoms with E-state index in [1.54, 1.807) is 0 Å². The van der Waals surface area contributed by atoms with Gasteiger partial charge in [0.2, 0.25) is 0 Å². The summed E-state index contributed by atoms with van der Waals surface area (Å²) in [6.45, 7) is 2.82. The third-order valence-electron chi connectivity index (χ3n) is 4.30. The molecule has 2 unspecified atom stereocenters. The summed E-state index contributed by atoms with van der Waals surface area (Å²) in [4.78, 5) is 14.4. The van der Waals surface area contributed by atoms with Crippen LogP contribution in [0.1, 0.15) is 43.0 Å². The quantitative estimate of drug-likeness (QED) is 0.709. The number of carbonyl (C=O) groups is 1. The number of carbonyl (C=O) groups excluding carboxylic acids is 1. The molecule has 120 valence electrons. The third-order valence-corrected chi connectivity index (χ3v) is 4.83. The van der Waals surface area contributed by atoms with Crippen molar-refractivity contribution in [3.63, 3.8) is 0 Å². The molecular formula is C19H20BrNO2. The Morgan fingerprint density at radius 3 is 2.48 bits per heavy atom. The fourth-order valence-electron chi connectivity index (χ4n) is 3.10. The van der Waals surface area contributed by atoms with Crippen molar-refractivity contribution in [2.24, 2.45) is 0 Å². The maximum atomic E-state index is 12.5. The minimum atomic E-state index is -0.222. The minimum absolute atomic E-state index is 0.0623. The maximum absolute atomic E-state index is 12.5. The molecule has 1 saturated heterocycles. The van der Waals surface area contributed by atoms with E-state index >= 15 is 0 Å². The smallest absolute Gasteiger partial charge is 0.410 e. The number of benzene rings is 2. The zero-order chi connectivity index (χ0) is 16.2. The number of ether oxygens (including phenoxy) is 1. The third kappa shape index (κ3) is 3.58. The fraction of sp³-hybridized carbons (Fsp3) is 0.316. The lowest BCUT2D eigenvalue weighted by Crippen LogP contribution is -2.41. The number of cyclic esters (lactones) is 1. The van der Waals surface area contributed by atoms with Crippen molar-refractivity contribution in [2.75, 3.05) is 6.54 Å². The van der Waals surface area contributed by atoms with E-state index in [9.17, 15) is 4.79 Å². The Bertz CT molecular complexity index is 657. The van der Waals surface area contributed by atoms with E-state index in [1.807, 2.05) is 47.4 Å². The van der Waals surface area contributed by atoms with Crippen LogP contribution in [0, 0.1) is 0 Å². The molecule has 2 aromatic rings. The Hall–Kier alpha value is -1.81. The Balaban J connectivity index is 1.74. The summed E-state index contributed by atoms with van der Waals surface area (Å²) in [6.07, 6.45) is 1.33. The van der Waals surface area contributed by atoms with Gasteiger partial charge in [-0.1, -0.05) is 65.3 Å². The molecule has 0 saturated carbocycles. The molecule has 3 rings (SSSR count). The lowest BCUT2D eigenvalue weighted by molar-refractivity contribution is 0.00915. The van der Waals surface area contributed by atoms with Gasteiger partial charge in [-0.05, 0) is 29.7 Å². The molecule has 1 amide bonds. The molecule has 0 bridgehead atoms. The first-order chi connectivity index (χ1) is 11.2. The first kappa shape index (κ1) is 16.1. The standard InChI is InChI=1S/C19H20BrNO2/c1-2-17(14-8-10-16(20)11-9-14)21-13-12-18(23-19(21)22)15-6-4-3-5-7-15/h3-11,17-18H,2,12-13H2,1H3. The maximum Gasteiger partial charge on any atom is 0.410 e. The molecule has 4 heteroatoms. The largest absolute Gasteiger partial charge is 0.441 e. The highest BCUT2D eigenvalue weighted by atomic mass is 79.9. The Morgan fingerprint density at radius 2 is 1.87 bits per heavy atom. The highest BCUT2D eigenvalue weighted by Gasteiger charge is 2.32. The first-order valence-electron chi connectivity index (χ1n) is 7.96. The second-order valence-electron chi connectivity index (χ2n) is 5.74. The Kier molecular flexibility index (Phi) is 5.01. The second-order valence-corrected chi connectivity index (χ2v) is 6.66. The summed E-state index contributed by atoms with van der Waals surface area (Å²) in [5.41, 5.74) is 2.21. The summed E-state index contributed by atoms with van der Waals surface area (Å²) in [5.74, 6) is 0. The van der Waals surface area contributed by atoms with Crippen LogP contribution in [0.4, 0.5) is 4.79 Å². The van der Waals surface area contributed by atoms with E-state index in [4.69, 9.17) is 4.74 Å². The van der Waals surface area contributed by atoms with Gasteiger partial charge in [0.25, 0.3) is 0 Å².